The number of aromatic nitrogens is 5. The maximum Gasteiger partial charge on any atom is 0.246 e. The van der Waals surface area contributed by atoms with Crippen molar-refractivity contribution in [1.29, 1.82) is 0 Å². The van der Waals surface area contributed by atoms with Crippen molar-refractivity contribution < 1.29 is 9.53 Å². The van der Waals surface area contributed by atoms with E-state index in [2.05, 4.69) is 35.6 Å². The highest BCUT2D eigenvalue weighted by molar-refractivity contribution is 5.90. The molecule has 29 heavy (non-hydrogen) atoms. The first kappa shape index (κ1) is 18.8. The molecular formula is C19H22N8O2. The molecule has 10 nitrogen and oxygen atoms in total. The number of nitrogens with zero attached hydrogens (tertiary/aromatic N) is 6. The number of aryl methyl sites for hydroxylation is 1. The normalized spacial score (nSPS) is 13.9. The van der Waals surface area contributed by atoms with Gasteiger partial charge in [-0.1, -0.05) is 0 Å². The molecule has 2 aromatic heterocycles. The largest absolute Gasteiger partial charge is 0.378 e. The number of hydrogen-bond donors (Lipinski definition) is 2. The van der Waals surface area contributed by atoms with Gasteiger partial charge in [-0.3, -0.25) is 4.79 Å². The average molecular weight is 394 g/mol. The minimum Gasteiger partial charge on any atom is -0.378 e. The zero-order chi connectivity index (χ0) is 20.1. The maximum atomic E-state index is 12.0. The fourth-order valence-electron chi connectivity index (χ4n) is 2.97. The van der Waals surface area contributed by atoms with Crippen molar-refractivity contribution in [1.82, 2.24) is 24.7 Å². The molecule has 2 N–H and O–H groups in total. The molecule has 10 heteroatoms. The van der Waals surface area contributed by atoms with Crippen LogP contribution >= 0.6 is 0 Å². The maximum absolute atomic E-state index is 12.0. The van der Waals surface area contributed by atoms with Crippen molar-refractivity contribution in [2.75, 3.05) is 41.8 Å². The molecule has 0 radical (unpaired) electrons. The van der Waals surface area contributed by atoms with E-state index in [1.165, 1.54) is 17.3 Å². The van der Waals surface area contributed by atoms with Crippen LogP contribution in [-0.2, 0) is 16.1 Å². The number of rotatable bonds is 6. The molecular weight excluding hydrogens is 372 g/mol. The van der Waals surface area contributed by atoms with Gasteiger partial charge in [0.25, 0.3) is 0 Å². The molecule has 3 heterocycles. The lowest BCUT2D eigenvalue weighted by Gasteiger charge is -2.27. The van der Waals surface area contributed by atoms with Gasteiger partial charge in [-0.2, -0.15) is 10.1 Å². The first-order valence-corrected chi connectivity index (χ1v) is 9.33. The van der Waals surface area contributed by atoms with Gasteiger partial charge in [0, 0.05) is 36.2 Å². The van der Waals surface area contributed by atoms with Crippen LogP contribution in [0.5, 0.6) is 0 Å². The van der Waals surface area contributed by atoms with Crippen molar-refractivity contribution in [3.05, 3.63) is 48.7 Å². The molecule has 0 unspecified atom stereocenters. The molecule has 4 rings (SSSR count). The van der Waals surface area contributed by atoms with Crippen LogP contribution in [0.2, 0.25) is 0 Å². The number of amides is 1. The SMILES string of the molecule is Cc1cc(Nc2ccc(NC(=O)Cn3cncn3)cc2)nc(N2CCOCC2)n1. The Kier molecular flexibility index (Phi) is 5.61. The molecule has 1 aliphatic heterocycles. The summed E-state index contributed by atoms with van der Waals surface area (Å²) in [6.45, 7) is 5.00. The second-order valence-electron chi connectivity index (χ2n) is 6.64. The fraction of sp³-hybridized carbons (Fsp3) is 0.316. The summed E-state index contributed by atoms with van der Waals surface area (Å²) in [6.07, 6.45) is 2.90. The molecule has 150 valence electrons. The highest BCUT2D eigenvalue weighted by atomic mass is 16.5. The topological polar surface area (TPSA) is 110 Å². The summed E-state index contributed by atoms with van der Waals surface area (Å²) >= 11 is 0. The summed E-state index contributed by atoms with van der Waals surface area (Å²) in [4.78, 5) is 27.1. The zero-order valence-electron chi connectivity index (χ0n) is 16.1. The number of nitrogens with one attached hydrogen (secondary N) is 2. The molecule has 1 amide bonds. The van der Waals surface area contributed by atoms with Crippen LogP contribution < -0.4 is 15.5 Å². The monoisotopic (exact) mass is 394 g/mol. The van der Waals surface area contributed by atoms with Crippen LogP contribution in [-0.4, -0.2) is 56.9 Å². The van der Waals surface area contributed by atoms with Gasteiger partial charge in [-0.05, 0) is 31.2 Å². The van der Waals surface area contributed by atoms with Crippen LogP contribution in [0.15, 0.2) is 43.0 Å². The van der Waals surface area contributed by atoms with Crippen molar-refractivity contribution >= 4 is 29.0 Å². The Labute approximate surface area is 167 Å². The number of anilines is 4. The molecule has 0 atom stereocenters. The van der Waals surface area contributed by atoms with Crippen molar-refractivity contribution in [3.63, 3.8) is 0 Å². The minimum atomic E-state index is -0.169. The van der Waals surface area contributed by atoms with Crippen molar-refractivity contribution in [2.45, 2.75) is 13.5 Å². The van der Waals surface area contributed by atoms with E-state index in [0.717, 1.165) is 30.3 Å². The number of morpholine rings is 1. The Morgan fingerprint density at radius 2 is 1.90 bits per heavy atom. The predicted molar refractivity (Wildman–Crippen MR) is 108 cm³/mol. The molecule has 1 fully saturated rings. The molecule has 1 aromatic carbocycles. The minimum absolute atomic E-state index is 0.116. The highest BCUT2D eigenvalue weighted by Gasteiger charge is 2.15. The van der Waals surface area contributed by atoms with Gasteiger partial charge >= 0.3 is 0 Å². The van der Waals surface area contributed by atoms with Gasteiger partial charge in [0.1, 0.15) is 25.0 Å². The van der Waals surface area contributed by atoms with Crippen LogP contribution in [0.25, 0.3) is 0 Å². The molecule has 0 bridgehead atoms. The molecule has 3 aromatic rings. The lowest BCUT2D eigenvalue weighted by atomic mass is 10.2. The van der Waals surface area contributed by atoms with E-state index >= 15 is 0 Å². The smallest absolute Gasteiger partial charge is 0.246 e. The first-order valence-electron chi connectivity index (χ1n) is 9.33. The fourth-order valence-corrected chi connectivity index (χ4v) is 2.97. The van der Waals surface area contributed by atoms with Crippen LogP contribution in [0.3, 0.4) is 0 Å². The van der Waals surface area contributed by atoms with E-state index < -0.39 is 0 Å². The van der Waals surface area contributed by atoms with E-state index in [1.54, 1.807) is 0 Å². The van der Waals surface area contributed by atoms with Crippen LogP contribution in [0, 0.1) is 6.92 Å². The summed E-state index contributed by atoms with van der Waals surface area (Å²) in [5, 5.41) is 10.0. The van der Waals surface area contributed by atoms with E-state index in [1.807, 2.05) is 37.3 Å². The van der Waals surface area contributed by atoms with Gasteiger partial charge in [-0.25, -0.2) is 14.6 Å². The number of benzene rings is 1. The Morgan fingerprint density at radius 3 is 2.62 bits per heavy atom. The summed E-state index contributed by atoms with van der Waals surface area (Å²) in [5.74, 6) is 1.26. The second-order valence-corrected chi connectivity index (χ2v) is 6.64. The lowest BCUT2D eigenvalue weighted by Crippen LogP contribution is -2.37. The van der Waals surface area contributed by atoms with Crippen molar-refractivity contribution in [3.8, 4) is 0 Å². The number of carbonyl (C=O) groups excluding carboxylic acids is 1. The lowest BCUT2D eigenvalue weighted by molar-refractivity contribution is -0.116. The first-order chi connectivity index (χ1) is 14.2. The van der Waals surface area contributed by atoms with E-state index in [0.29, 0.717) is 24.8 Å². The second kappa shape index (κ2) is 8.65. The molecule has 1 aliphatic rings. The Hall–Kier alpha value is -3.53. The third-order valence-corrected chi connectivity index (χ3v) is 4.35. The third kappa shape index (κ3) is 5.05. The Balaban J connectivity index is 1.39. The van der Waals surface area contributed by atoms with Gasteiger partial charge in [0.05, 0.1) is 13.2 Å². The van der Waals surface area contributed by atoms with E-state index in [-0.39, 0.29) is 12.5 Å². The highest BCUT2D eigenvalue weighted by Crippen LogP contribution is 2.21. The molecule has 1 saturated heterocycles. The molecule has 0 aliphatic carbocycles. The zero-order valence-corrected chi connectivity index (χ0v) is 16.1. The van der Waals surface area contributed by atoms with Crippen LogP contribution in [0.1, 0.15) is 5.69 Å². The number of hydrogen-bond acceptors (Lipinski definition) is 8. The summed E-state index contributed by atoms with van der Waals surface area (Å²) in [7, 11) is 0. The van der Waals surface area contributed by atoms with Crippen LogP contribution in [0.4, 0.5) is 23.1 Å². The summed E-state index contributed by atoms with van der Waals surface area (Å²) in [6, 6.07) is 9.34. The van der Waals surface area contributed by atoms with E-state index in [4.69, 9.17) is 4.74 Å². The van der Waals surface area contributed by atoms with E-state index in [9.17, 15) is 4.79 Å². The van der Waals surface area contributed by atoms with Gasteiger partial charge in [-0.15, -0.1) is 0 Å². The average Bonchev–Trinajstić information content (AvgIpc) is 3.22. The van der Waals surface area contributed by atoms with Gasteiger partial charge < -0.3 is 20.3 Å². The Bertz CT molecular complexity index is 953. The molecule has 0 saturated carbocycles. The number of ether oxygens (including phenoxy) is 1. The quantitative estimate of drug-likeness (QED) is 0.649. The predicted octanol–water partition coefficient (Wildman–Crippen LogP) is 1.60. The van der Waals surface area contributed by atoms with Gasteiger partial charge in [0.2, 0.25) is 11.9 Å². The third-order valence-electron chi connectivity index (χ3n) is 4.35. The summed E-state index contributed by atoms with van der Waals surface area (Å²) in [5.41, 5.74) is 2.46. The Morgan fingerprint density at radius 1 is 1.14 bits per heavy atom. The standard InChI is InChI=1S/C19H22N8O2/c1-14-10-17(25-19(22-14)26-6-8-29-9-7-26)23-15-2-4-16(5-3-15)24-18(28)11-27-13-20-12-21-27/h2-5,10,12-13H,6-9,11H2,1H3,(H,24,28)(H,22,23,25). The summed E-state index contributed by atoms with van der Waals surface area (Å²) < 4.78 is 6.86. The number of carbonyl (C=O) groups is 1. The van der Waals surface area contributed by atoms with Gasteiger partial charge in [0.15, 0.2) is 0 Å². The molecule has 0 spiro atoms. The van der Waals surface area contributed by atoms with Crippen molar-refractivity contribution in [2.24, 2.45) is 0 Å².